The fourth-order valence-corrected chi connectivity index (χ4v) is 3.41. The molecule has 134 valence electrons. The molecule has 6 nitrogen and oxygen atoms in total. The second-order valence-electron chi connectivity index (χ2n) is 7.03. The minimum absolute atomic E-state index is 0.0846. The monoisotopic (exact) mass is 352 g/mol. The van der Waals surface area contributed by atoms with E-state index in [1.54, 1.807) is 36.2 Å². The van der Waals surface area contributed by atoms with Crippen molar-refractivity contribution in [2.24, 2.45) is 5.92 Å². The van der Waals surface area contributed by atoms with Gasteiger partial charge in [0.1, 0.15) is 5.76 Å². The maximum absolute atomic E-state index is 12.7. The van der Waals surface area contributed by atoms with Crippen LogP contribution in [0.2, 0.25) is 0 Å². The van der Waals surface area contributed by atoms with E-state index < -0.39 is 5.91 Å². The number of furan rings is 1. The molecule has 0 saturated heterocycles. The van der Waals surface area contributed by atoms with Gasteiger partial charge in [0.2, 0.25) is 0 Å². The molecule has 1 atom stereocenters. The summed E-state index contributed by atoms with van der Waals surface area (Å²) < 4.78 is 5.23. The standard InChI is InChI=1S/C20H20N2O4/c1-12(13-5-6-13)21(2)18(23)14-7-8-16-17(10-14)20(25)22(19(16)24)11-15-4-3-9-26-15/h3-4,7-10,12-13H,5-6,11H2,1-2H3. The van der Waals surface area contributed by atoms with Crippen LogP contribution in [0.15, 0.2) is 41.0 Å². The average Bonchev–Trinajstić information content (AvgIpc) is 3.33. The van der Waals surface area contributed by atoms with E-state index in [-0.39, 0.29) is 30.0 Å². The van der Waals surface area contributed by atoms with Crippen LogP contribution in [-0.4, -0.2) is 40.6 Å². The molecule has 4 rings (SSSR count). The first-order chi connectivity index (χ1) is 12.5. The number of rotatable bonds is 5. The Bertz CT molecular complexity index is 883. The predicted molar refractivity (Wildman–Crippen MR) is 93.6 cm³/mol. The van der Waals surface area contributed by atoms with Gasteiger partial charge in [0.05, 0.1) is 23.9 Å². The van der Waals surface area contributed by atoms with Crippen molar-refractivity contribution < 1.29 is 18.8 Å². The molecular formula is C20H20N2O4. The van der Waals surface area contributed by atoms with E-state index in [1.807, 2.05) is 6.92 Å². The fraction of sp³-hybridized carbons (Fsp3) is 0.350. The summed E-state index contributed by atoms with van der Waals surface area (Å²) >= 11 is 0. The molecule has 3 amide bonds. The van der Waals surface area contributed by atoms with Crippen LogP contribution in [-0.2, 0) is 6.54 Å². The van der Waals surface area contributed by atoms with Crippen molar-refractivity contribution in [1.29, 1.82) is 0 Å². The van der Waals surface area contributed by atoms with E-state index >= 15 is 0 Å². The van der Waals surface area contributed by atoms with Crippen LogP contribution in [0, 0.1) is 5.92 Å². The van der Waals surface area contributed by atoms with Gasteiger partial charge in [0.25, 0.3) is 17.7 Å². The number of fused-ring (bicyclic) bond motifs is 1. The summed E-state index contributed by atoms with van der Waals surface area (Å²) in [6.45, 7) is 2.13. The molecule has 6 heteroatoms. The van der Waals surface area contributed by atoms with Crippen LogP contribution in [0.3, 0.4) is 0 Å². The Morgan fingerprint density at radius 3 is 2.62 bits per heavy atom. The minimum Gasteiger partial charge on any atom is -0.467 e. The third-order valence-electron chi connectivity index (χ3n) is 5.35. The van der Waals surface area contributed by atoms with E-state index in [0.717, 1.165) is 17.7 Å². The summed E-state index contributed by atoms with van der Waals surface area (Å²) in [6.07, 6.45) is 3.80. The van der Waals surface area contributed by atoms with Crippen molar-refractivity contribution in [3.8, 4) is 0 Å². The summed E-state index contributed by atoms with van der Waals surface area (Å²) in [5, 5.41) is 0. The van der Waals surface area contributed by atoms with Crippen molar-refractivity contribution in [3.05, 3.63) is 59.0 Å². The van der Waals surface area contributed by atoms with E-state index in [9.17, 15) is 14.4 Å². The van der Waals surface area contributed by atoms with E-state index in [4.69, 9.17) is 4.42 Å². The molecule has 1 aliphatic heterocycles. The van der Waals surface area contributed by atoms with Crippen LogP contribution < -0.4 is 0 Å². The second-order valence-corrected chi connectivity index (χ2v) is 7.03. The lowest BCUT2D eigenvalue weighted by Crippen LogP contribution is -2.36. The molecule has 2 heterocycles. The molecule has 1 fully saturated rings. The quantitative estimate of drug-likeness (QED) is 0.776. The summed E-state index contributed by atoms with van der Waals surface area (Å²) in [6, 6.07) is 8.33. The summed E-state index contributed by atoms with van der Waals surface area (Å²) in [5.41, 5.74) is 1.04. The average molecular weight is 352 g/mol. The second kappa shape index (κ2) is 6.12. The number of amides is 3. The van der Waals surface area contributed by atoms with Crippen LogP contribution in [0.4, 0.5) is 0 Å². The Labute approximate surface area is 151 Å². The molecule has 0 bridgehead atoms. The lowest BCUT2D eigenvalue weighted by Gasteiger charge is -2.25. The van der Waals surface area contributed by atoms with Gasteiger partial charge in [-0.1, -0.05) is 0 Å². The molecule has 0 spiro atoms. The third-order valence-corrected chi connectivity index (χ3v) is 5.35. The molecule has 26 heavy (non-hydrogen) atoms. The molecule has 2 aliphatic rings. The van der Waals surface area contributed by atoms with Crippen LogP contribution >= 0.6 is 0 Å². The zero-order valence-corrected chi connectivity index (χ0v) is 14.8. The van der Waals surface area contributed by atoms with E-state index in [1.165, 1.54) is 12.3 Å². The van der Waals surface area contributed by atoms with Crippen molar-refractivity contribution >= 4 is 17.7 Å². The Morgan fingerprint density at radius 2 is 1.96 bits per heavy atom. The Hall–Kier alpha value is -2.89. The van der Waals surface area contributed by atoms with Crippen molar-refractivity contribution in [2.75, 3.05) is 7.05 Å². The molecule has 2 aromatic rings. The SMILES string of the molecule is CC(C1CC1)N(C)C(=O)c1ccc2c(c1)C(=O)N(Cc1ccco1)C2=O. The third kappa shape index (κ3) is 2.71. The zero-order chi connectivity index (χ0) is 18.4. The van der Waals surface area contributed by atoms with Gasteiger partial charge in [-0.05, 0) is 56.0 Å². The molecule has 1 aliphatic carbocycles. The Kier molecular flexibility index (Phi) is 3.90. The Morgan fingerprint density at radius 1 is 1.23 bits per heavy atom. The van der Waals surface area contributed by atoms with Gasteiger partial charge in [-0.3, -0.25) is 19.3 Å². The van der Waals surface area contributed by atoms with Crippen molar-refractivity contribution in [3.63, 3.8) is 0 Å². The lowest BCUT2D eigenvalue weighted by molar-refractivity contribution is 0.0631. The molecule has 1 aromatic heterocycles. The first-order valence-electron chi connectivity index (χ1n) is 8.77. The number of hydrogen-bond donors (Lipinski definition) is 0. The zero-order valence-electron chi connectivity index (χ0n) is 14.8. The molecule has 0 N–H and O–H groups in total. The number of carbonyl (C=O) groups is 3. The number of benzene rings is 1. The first-order valence-corrected chi connectivity index (χ1v) is 8.77. The molecule has 1 aromatic carbocycles. The maximum Gasteiger partial charge on any atom is 0.261 e. The highest BCUT2D eigenvalue weighted by atomic mass is 16.3. The fourth-order valence-electron chi connectivity index (χ4n) is 3.41. The van der Waals surface area contributed by atoms with Gasteiger partial charge >= 0.3 is 0 Å². The molecule has 0 radical (unpaired) electrons. The van der Waals surface area contributed by atoms with Gasteiger partial charge in [0.15, 0.2) is 0 Å². The number of hydrogen-bond acceptors (Lipinski definition) is 4. The van der Waals surface area contributed by atoms with Gasteiger partial charge in [-0.2, -0.15) is 0 Å². The number of carbonyl (C=O) groups excluding carboxylic acids is 3. The van der Waals surface area contributed by atoms with Crippen molar-refractivity contribution in [2.45, 2.75) is 32.4 Å². The number of nitrogens with zero attached hydrogens (tertiary/aromatic N) is 2. The van der Waals surface area contributed by atoms with Crippen LogP contribution in [0.1, 0.15) is 56.6 Å². The van der Waals surface area contributed by atoms with Crippen molar-refractivity contribution in [1.82, 2.24) is 9.80 Å². The summed E-state index contributed by atoms with van der Waals surface area (Å²) in [7, 11) is 1.79. The summed E-state index contributed by atoms with van der Waals surface area (Å²) in [5.74, 6) is 0.213. The van der Waals surface area contributed by atoms with Gasteiger partial charge in [0, 0.05) is 18.7 Å². The number of imide groups is 1. The largest absolute Gasteiger partial charge is 0.467 e. The highest BCUT2D eigenvalue weighted by Gasteiger charge is 2.37. The highest BCUT2D eigenvalue weighted by Crippen LogP contribution is 2.35. The van der Waals surface area contributed by atoms with Gasteiger partial charge < -0.3 is 9.32 Å². The highest BCUT2D eigenvalue weighted by molar-refractivity contribution is 6.22. The van der Waals surface area contributed by atoms with Gasteiger partial charge in [-0.15, -0.1) is 0 Å². The first kappa shape index (κ1) is 16.6. The minimum atomic E-state index is -0.394. The molecule has 1 saturated carbocycles. The molecular weight excluding hydrogens is 332 g/mol. The van der Waals surface area contributed by atoms with E-state index in [0.29, 0.717) is 22.8 Å². The molecule has 1 unspecified atom stereocenters. The van der Waals surface area contributed by atoms with Crippen LogP contribution in [0.5, 0.6) is 0 Å². The van der Waals surface area contributed by atoms with Gasteiger partial charge in [-0.25, -0.2) is 0 Å². The normalized spacial score (nSPS) is 17.4. The van der Waals surface area contributed by atoms with Crippen LogP contribution in [0.25, 0.3) is 0 Å². The summed E-state index contributed by atoms with van der Waals surface area (Å²) in [4.78, 5) is 40.8. The maximum atomic E-state index is 12.7. The smallest absolute Gasteiger partial charge is 0.261 e. The Balaban J connectivity index is 1.58. The predicted octanol–water partition coefficient (Wildman–Crippen LogP) is 2.95. The van der Waals surface area contributed by atoms with E-state index in [2.05, 4.69) is 0 Å². The topological polar surface area (TPSA) is 70.8 Å². The lowest BCUT2D eigenvalue weighted by atomic mass is 10.0.